The maximum absolute atomic E-state index is 11.5. The predicted octanol–water partition coefficient (Wildman–Crippen LogP) is 0.760. The third-order valence-electron chi connectivity index (χ3n) is 2.47. The number of nitrogens with zero attached hydrogens (tertiary/aromatic N) is 1. The molecule has 1 saturated heterocycles. The first-order valence-corrected chi connectivity index (χ1v) is 5.00. The summed E-state index contributed by atoms with van der Waals surface area (Å²) in [4.78, 5) is 24.0. The Kier molecular flexibility index (Phi) is 2.86. The molecule has 2 rings (SSSR count). The van der Waals surface area contributed by atoms with Gasteiger partial charge in [0.25, 0.3) is 5.91 Å². The normalized spacial score (nSPS) is 14.8. The molecule has 0 unspecified atom stereocenters. The minimum Gasteiger partial charge on any atom is -0.493 e. The van der Waals surface area contributed by atoms with Gasteiger partial charge in [0.1, 0.15) is 0 Å². The number of hydrogen-bond donors (Lipinski definition) is 1. The van der Waals surface area contributed by atoms with E-state index in [1.165, 1.54) is 14.2 Å². The topological polar surface area (TPSA) is 67.9 Å². The lowest BCUT2D eigenvalue weighted by molar-refractivity contribution is -0.115. The van der Waals surface area contributed by atoms with E-state index in [2.05, 4.69) is 5.32 Å². The van der Waals surface area contributed by atoms with Gasteiger partial charge in [0.2, 0.25) is 0 Å². The van der Waals surface area contributed by atoms with Crippen LogP contribution in [-0.4, -0.2) is 32.7 Å². The van der Waals surface area contributed by atoms with Crippen molar-refractivity contribution >= 4 is 17.6 Å². The lowest BCUT2D eigenvalue weighted by atomic mass is 10.2. The van der Waals surface area contributed by atoms with E-state index in [0.29, 0.717) is 17.2 Å². The molecule has 17 heavy (non-hydrogen) atoms. The summed E-state index contributed by atoms with van der Waals surface area (Å²) in [5.74, 6) is 0.725. The van der Waals surface area contributed by atoms with Gasteiger partial charge >= 0.3 is 6.03 Å². The molecule has 0 bridgehead atoms. The average molecular weight is 236 g/mol. The molecule has 90 valence electrons. The number of carbonyl (C=O) groups excluding carboxylic acids is 2. The van der Waals surface area contributed by atoms with Gasteiger partial charge in [-0.15, -0.1) is 0 Å². The van der Waals surface area contributed by atoms with E-state index in [4.69, 9.17) is 9.47 Å². The van der Waals surface area contributed by atoms with E-state index < -0.39 is 6.03 Å². The van der Waals surface area contributed by atoms with Crippen molar-refractivity contribution in [3.8, 4) is 11.5 Å². The molecule has 0 aromatic heterocycles. The molecule has 1 N–H and O–H groups in total. The summed E-state index contributed by atoms with van der Waals surface area (Å²) in [7, 11) is 3.01. The van der Waals surface area contributed by atoms with Crippen molar-refractivity contribution in [1.29, 1.82) is 0 Å². The summed E-state index contributed by atoms with van der Waals surface area (Å²) >= 11 is 0. The van der Waals surface area contributed by atoms with Crippen molar-refractivity contribution in [2.75, 3.05) is 25.7 Å². The van der Waals surface area contributed by atoms with E-state index in [1.807, 2.05) is 0 Å². The van der Waals surface area contributed by atoms with Gasteiger partial charge in [0.15, 0.2) is 11.5 Å². The third kappa shape index (κ3) is 1.89. The van der Waals surface area contributed by atoms with Crippen LogP contribution < -0.4 is 19.7 Å². The fraction of sp³-hybridized carbons (Fsp3) is 0.273. The van der Waals surface area contributed by atoms with Gasteiger partial charge in [-0.25, -0.2) is 9.69 Å². The van der Waals surface area contributed by atoms with E-state index >= 15 is 0 Å². The van der Waals surface area contributed by atoms with Crippen LogP contribution in [0.15, 0.2) is 18.2 Å². The maximum Gasteiger partial charge on any atom is 0.329 e. The number of imide groups is 1. The zero-order valence-electron chi connectivity index (χ0n) is 9.52. The molecule has 0 spiro atoms. The number of nitrogens with one attached hydrogen (secondary N) is 1. The van der Waals surface area contributed by atoms with Gasteiger partial charge in [-0.05, 0) is 12.1 Å². The fourth-order valence-electron chi connectivity index (χ4n) is 1.65. The highest BCUT2D eigenvalue weighted by Crippen LogP contribution is 2.32. The van der Waals surface area contributed by atoms with Crippen LogP contribution in [0.5, 0.6) is 11.5 Å². The van der Waals surface area contributed by atoms with Gasteiger partial charge in [-0.2, -0.15) is 0 Å². The third-order valence-corrected chi connectivity index (χ3v) is 2.47. The Morgan fingerprint density at radius 1 is 1.18 bits per heavy atom. The average Bonchev–Trinajstić information content (AvgIpc) is 2.68. The Labute approximate surface area is 98.1 Å². The lowest BCUT2D eigenvalue weighted by Crippen LogP contribution is -2.30. The number of amides is 3. The van der Waals surface area contributed by atoms with E-state index in [1.54, 1.807) is 18.2 Å². The molecule has 0 aliphatic carbocycles. The van der Waals surface area contributed by atoms with Crippen molar-refractivity contribution in [3.63, 3.8) is 0 Å². The predicted molar refractivity (Wildman–Crippen MR) is 60.4 cm³/mol. The molecule has 0 saturated carbocycles. The van der Waals surface area contributed by atoms with E-state index in [0.717, 1.165) is 4.90 Å². The highest BCUT2D eigenvalue weighted by atomic mass is 16.5. The molecule has 6 nitrogen and oxygen atoms in total. The molecule has 0 atom stereocenters. The first-order valence-electron chi connectivity index (χ1n) is 5.00. The number of benzene rings is 1. The monoisotopic (exact) mass is 236 g/mol. The quantitative estimate of drug-likeness (QED) is 0.787. The number of hydrogen-bond acceptors (Lipinski definition) is 4. The molecule has 1 aromatic carbocycles. The first-order chi connectivity index (χ1) is 8.17. The maximum atomic E-state index is 11.5. The van der Waals surface area contributed by atoms with Crippen LogP contribution in [-0.2, 0) is 4.79 Å². The Bertz CT molecular complexity index is 457. The Hall–Kier alpha value is -2.24. The summed E-state index contributed by atoms with van der Waals surface area (Å²) in [6.07, 6.45) is 0. The number of urea groups is 1. The Morgan fingerprint density at radius 3 is 2.41 bits per heavy atom. The van der Waals surface area contributed by atoms with Gasteiger partial charge < -0.3 is 14.8 Å². The second kappa shape index (κ2) is 4.32. The molecule has 1 aliphatic rings. The second-order valence-corrected chi connectivity index (χ2v) is 3.43. The van der Waals surface area contributed by atoms with Crippen molar-refractivity contribution in [1.82, 2.24) is 5.32 Å². The molecule has 1 heterocycles. The summed E-state index contributed by atoms with van der Waals surface area (Å²) in [6, 6.07) is 4.43. The van der Waals surface area contributed by atoms with Crippen molar-refractivity contribution in [3.05, 3.63) is 18.2 Å². The summed E-state index contributed by atoms with van der Waals surface area (Å²) in [6.45, 7) is 0.0210. The van der Waals surface area contributed by atoms with Crippen LogP contribution in [0.4, 0.5) is 10.5 Å². The smallest absolute Gasteiger partial charge is 0.329 e. The molecule has 0 radical (unpaired) electrons. The van der Waals surface area contributed by atoms with Gasteiger partial charge in [0, 0.05) is 6.07 Å². The molecular weight excluding hydrogens is 224 g/mol. The van der Waals surface area contributed by atoms with Crippen molar-refractivity contribution < 1.29 is 19.1 Å². The van der Waals surface area contributed by atoms with Crippen molar-refractivity contribution in [2.45, 2.75) is 0 Å². The SMILES string of the molecule is COc1ccc(N2C(=O)CNC2=O)cc1OC. The number of rotatable bonds is 3. The van der Waals surface area contributed by atoms with Crippen LogP contribution in [0, 0.1) is 0 Å². The van der Waals surface area contributed by atoms with Gasteiger partial charge in [-0.1, -0.05) is 0 Å². The van der Waals surface area contributed by atoms with Gasteiger partial charge in [-0.3, -0.25) is 4.79 Å². The van der Waals surface area contributed by atoms with Crippen LogP contribution >= 0.6 is 0 Å². The molecule has 1 aromatic rings. The molecule has 1 aliphatic heterocycles. The zero-order chi connectivity index (χ0) is 12.4. The standard InChI is InChI=1S/C11H12N2O4/c1-16-8-4-3-7(5-9(8)17-2)13-10(14)6-12-11(13)15/h3-5H,6H2,1-2H3,(H,12,15). The van der Waals surface area contributed by atoms with Gasteiger partial charge in [0.05, 0.1) is 26.5 Å². The van der Waals surface area contributed by atoms with E-state index in [9.17, 15) is 9.59 Å². The van der Waals surface area contributed by atoms with Crippen LogP contribution in [0.2, 0.25) is 0 Å². The number of anilines is 1. The highest BCUT2D eigenvalue weighted by molar-refractivity contribution is 6.19. The van der Waals surface area contributed by atoms with E-state index in [-0.39, 0.29) is 12.5 Å². The van der Waals surface area contributed by atoms with Crippen LogP contribution in [0.3, 0.4) is 0 Å². The first kappa shape index (κ1) is 11.3. The van der Waals surface area contributed by atoms with Crippen LogP contribution in [0.25, 0.3) is 0 Å². The number of ether oxygens (including phenoxy) is 2. The molecule has 1 fully saturated rings. The number of carbonyl (C=O) groups is 2. The van der Waals surface area contributed by atoms with Crippen molar-refractivity contribution in [2.24, 2.45) is 0 Å². The molecular formula is C11H12N2O4. The Balaban J connectivity index is 2.39. The lowest BCUT2D eigenvalue weighted by Gasteiger charge is -2.15. The minimum atomic E-state index is -0.429. The molecule has 6 heteroatoms. The Morgan fingerprint density at radius 2 is 1.88 bits per heavy atom. The largest absolute Gasteiger partial charge is 0.493 e. The van der Waals surface area contributed by atoms with Crippen LogP contribution in [0.1, 0.15) is 0 Å². The minimum absolute atomic E-state index is 0.0210. The highest BCUT2D eigenvalue weighted by Gasteiger charge is 2.30. The second-order valence-electron chi connectivity index (χ2n) is 3.43. The fourth-order valence-corrected chi connectivity index (χ4v) is 1.65. The molecule has 3 amide bonds. The summed E-state index contributed by atoms with van der Waals surface area (Å²) in [5.41, 5.74) is 0.461. The summed E-state index contributed by atoms with van der Waals surface area (Å²) in [5, 5.41) is 2.45. The summed E-state index contributed by atoms with van der Waals surface area (Å²) < 4.78 is 10.2. The number of methoxy groups -OCH3 is 2. The zero-order valence-corrected chi connectivity index (χ0v) is 9.52.